The second kappa shape index (κ2) is 22.1. The minimum atomic E-state index is -3.71. The number of carbonyl (C=O) groups excluding carboxylic acids is 2. The van der Waals surface area contributed by atoms with E-state index >= 15 is 0 Å². The highest BCUT2D eigenvalue weighted by Crippen LogP contribution is 2.32. The lowest BCUT2D eigenvalue weighted by Crippen LogP contribution is -2.64. The molecule has 0 unspecified atom stereocenters. The van der Waals surface area contributed by atoms with Crippen LogP contribution in [0.25, 0.3) is 0 Å². The third-order valence-electron chi connectivity index (χ3n) is 13.4. The maximum Gasteiger partial charge on any atom is 0.252 e. The fourth-order valence-corrected chi connectivity index (χ4v) is 15.0. The van der Waals surface area contributed by atoms with E-state index in [1.54, 1.807) is 76.7 Å². The lowest BCUT2D eigenvalue weighted by atomic mass is 9.98. The van der Waals surface area contributed by atoms with Crippen molar-refractivity contribution in [3.05, 3.63) is 60.2 Å². The summed E-state index contributed by atoms with van der Waals surface area (Å²) in [7, 11) is -7.43. The van der Waals surface area contributed by atoms with Gasteiger partial charge in [-0.25, -0.2) is 36.8 Å². The lowest BCUT2D eigenvalue weighted by Gasteiger charge is -2.45. The number of nitrogens with zero attached hydrogens (tertiary/aromatic N) is 10. The zero-order valence-corrected chi connectivity index (χ0v) is 45.4. The van der Waals surface area contributed by atoms with E-state index in [-0.39, 0.29) is 82.4 Å². The Bertz CT molecular complexity index is 2540. The second-order valence-electron chi connectivity index (χ2n) is 20.3. The molecule has 396 valence electrons. The largest absolute Gasteiger partial charge is 0.391 e. The number of rotatable bonds is 14. The Labute approximate surface area is 430 Å². The van der Waals surface area contributed by atoms with E-state index in [0.717, 1.165) is 22.7 Å². The van der Waals surface area contributed by atoms with Crippen molar-refractivity contribution in [1.82, 2.24) is 49.0 Å². The fourth-order valence-electron chi connectivity index (χ4n) is 9.56. The first-order chi connectivity index (χ1) is 33.7. The average Bonchev–Trinajstić information content (AvgIpc) is 3.97. The molecule has 4 aliphatic rings. The van der Waals surface area contributed by atoms with Crippen LogP contribution in [-0.2, 0) is 40.8 Å². The standard InChI is InChI=1S/2C23H35N7O4S2/c2*1-15(2)20-21(31)25-7-8-28(20)13-17-14-29(36(33,34)19-6-5-18(24)35-19)9-10-30(17)22-26-11-16(12-27-22)23(3,4)32/h2*5-6,11-12,15,17,20,32H,7-10,13-14,24H2,1-4H3,(H,25,31)/t17-,20+;17-,20-/m00/s1. The van der Waals surface area contributed by atoms with Crippen molar-refractivity contribution in [2.75, 3.05) is 99.8 Å². The van der Waals surface area contributed by atoms with Gasteiger partial charge in [0.05, 0.1) is 45.4 Å². The van der Waals surface area contributed by atoms with Gasteiger partial charge in [0.15, 0.2) is 0 Å². The number of anilines is 4. The maximum atomic E-state index is 13.4. The molecule has 0 aliphatic carbocycles. The number of aliphatic hydroxyl groups is 2. The van der Waals surface area contributed by atoms with E-state index in [0.29, 0.717) is 85.4 Å². The minimum Gasteiger partial charge on any atom is -0.391 e. The van der Waals surface area contributed by atoms with Gasteiger partial charge in [-0.15, -0.1) is 22.7 Å². The smallest absolute Gasteiger partial charge is 0.252 e. The predicted molar refractivity (Wildman–Crippen MR) is 278 cm³/mol. The molecule has 26 heteroatoms. The van der Waals surface area contributed by atoms with E-state index in [9.17, 15) is 36.6 Å². The summed E-state index contributed by atoms with van der Waals surface area (Å²) in [6.45, 7) is 19.9. The Balaban J connectivity index is 0.000000211. The topological polar surface area (TPSA) is 290 Å². The summed E-state index contributed by atoms with van der Waals surface area (Å²) in [6, 6.07) is 5.10. The minimum absolute atomic E-state index is 0.0112. The van der Waals surface area contributed by atoms with Gasteiger partial charge in [0.2, 0.25) is 23.7 Å². The molecule has 72 heavy (non-hydrogen) atoms. The van der Waals surface area contributed by atoms with Crippen molar-refractivity contribution in [3.8, 4) is 0 Å². The molecule has 2 amide bonds. The van der Waals surface area contributed by atoms with Gasteiger partial charge in [0, 0.05) is 114 Å². The van der Waals surface area contributed by atoms with Crippen LogP contribution in [0.5, 0.6) is 0 Å². The number of thiophene rings is 2. The Morgan fingerprint density at radius 1 is 0.611 bits per heavy atom. The summed E-state index contributed by atoms with van der Waals surface area (Å²) in [5.41, 5.74) is 10.6. The van der Waals surface area contributed by atoms with Crippen molar-refractivity contribution >= 4 is 76.4 Å². The second-order valence-corrected chi connectivity index (χ2v) is 26.9. The number of piperazine rings is 4. The van der Waals surface area contributed by atoms with Gasteiger partial charge < -0.3 is 42.1 Å². The van der Waals surface area contributed by atoms with Crippen molar-refractivity contribution < 1.29 is 36.6 Å². The number of carbonyl (C=O) groups is 2. The van der Waals surface area contributed by atoms with Gasteiger partial charge in [-0.3, -0.25) is 19.4 Å². The summed E-state index contributed by atoms with van der Waals surface area (Å²) in [5, 5.41) is 27.3. The van der Waals surface area contributed by atoms with Gasteiger partial charge in [-0.1, -0.05) is 27.7 Å². The van der Waals surface area contributed by atoms with E-state index in [1.807, 2.05) is 37.5 Å². The van der Waals surface area contributed by atoms with Crippen molar-refractivity contribution in [1.29, 1.82) is 0 Å². The number of aromatic nitrogens is 4. The first-order valence-electron chi connectivity index (χ1n) is 24.1. The molecule has 4 atom stereocenters. The van der Waals surface area contributed by atoms with Crippen LogP contribution in [-0.4, -0.2) is 180 Å². The Morgan fingerprint density at radius 2 is 0.958 bits per heavy atom. The molecule has 8 heterocycles. The number of nitrogen functional groups attached to an aromatic ring is 2. The van der Waals surface area contributed by atoms with Crippen LogP contribution in [0.4, 0.5) is 21.9 Å². The molecule has 0 radical (unpaired) electrons. The molecule has 8 rings (SSSR count). The molecule has 4 fully saturated rings. The van der Waals surface area contributed by atoms with Crippen molar-refractivity contribution in [2.24, 2.45) is 11.8 Å². The van der Waals surface area contributed by atoms with Gasteiger partial charge in [-0.05, 0) is 63.8 Å². The number of hydrogen-bond acceptors (Lipinski definition) is 20. The monoisotopic (exact) mass is 1070 g/mol. The van der Waals surface area contributed by atoms with Crippen molar-refractivity contribution in [3.63, 3.8) is 0 Å². The van der Waals surface area contributed by atoms with Crippen molar-refractivity contribution in [2.45, 2.75) is 99.2 Å². The molecule has 4 aromatic heterocycles. The lowest BCUT2D eigenvalue weighted by molar-refractivity contribution is -0.131. The summed E-state index contributed by atoms with van der Waals surface area (Å²) in [6.07, 6.45) is 6.40. The number of sulfonamides is 2. The highest BCUT2D eigenvalue weighted by molar-refractivity contribution is 7.91. The predicted octanol–water partition coefficient (Wildman–Crippen LogP) is 1.37. The normalized spacial score (nSPS) is 22.7. The van der Waals surface area contributed by atoms with Gasteiger partial charge in [0.1, 0.15) is 8.42 Å². The van der Waals surface area contributed by atoms with Gasteiger partial charge >= 0.3 is 0 Å². The van der Waals surface area contributed by atoms with Crippen LogP contribution in [0.15, 0.2) is 57.5 Å². The molecule has 4 aliphatic heterocycles. The number of nitrogens with two attached hydrogens (primary N) is 2. The molecule has 0 saturated carbocycles. The van der Waals surface area contributed by atoms with E-state index in [4.69, 9.17) is 11.5 Å². The number of amides is 2. The Kier molecular flexibility index (Phi) is 16.9. The molecule has 8 N–H and O–H groups in total. The van der Waals surface area contributed by atoms with Crippen LogP contribution in [0.2, 0.25) is 0 Å². The van der Waals surface area contributed by atoms with Crippen LogP contribution in [0.3, 0.4) is 0 Å². The zero-order chi connectivity index (χ0) is 52.5. The van der Waals surface area contributed by atoms with Crippen LogP contribution in [0, 0.1) is 11.8 Å². The summed E-state index contributed by atoms with van der Waals surface area (Å²) in [4.78, 5) is 51.6. The highest BCUT2D eigenvalue weighted by Gasteiger charge is 2.42. The maximum absolute atomic E-state index is 13.4. The number of nitrogens with one attached hydrogen (secondary N) is 2. The molecule has 0 spiro atoms. The molecule has 0 bridgehead atoms. The Hall–Kier alpha value is -4.64. The van der Waals surface area contributed by atoms with Gasteiger partial charge in [0.25, 0.3) is 20.0 Å². The molecule has 4 aromatic rings. The Morgan fingerprint density at radius 3 is 1.25 bits per heavy atom. The average molecular weight is 1080 g/mol. The molecule has 0 aromatic carbocycles. The fraction of sp³-hybridized carbons (Fsp3) is 0.609. The van der Waals surface area contributed by atoms with Crippen LogP contribution >= 0.6 is 22.7 Å². The van der Waals surface area contributed by atoms with E-state index in [2.05, 4.69) is 40.4 Å². The van der Waals surface area contributed by atoms with Crippen LogP contribution < -0.4 is 31.9 Å². The molecular formula is C46H70N14O8S4. The third-order valence-corrected chi connectivity index (χ3v) is 19.9. The third kappa shape index (κ3) is 12.5. The number of hydrogen-bond donors (Lipinski definition) is 6. The summed E-state index contributed by atoms with van der Waals surface area (Å²) >= 11 is 2.11. The van der Waals surface area contributed by atoms with E-state index in [1.165, 1.54) is 8.61 Å². The van der Waals surface area contributed by atoms with Crippen LogP contribution in [0.1, 0.15) is 66.5 Å². The van der Waals surface area contributed by atoms with Gasteiger partial charge in [-0.2, -0.15) is 8.61 Å². The zero-order valence-electron chi connectivity index (χ0n) is 42.2. The summed E-state index contributed by atoms with van der Waals surface area (Å²) in [5.74, 6) is 1.10. The molecular weight excluding hydrogens is 1000 g/mol. The quantitative estimate of drug-likeness (QED) is 0.104. The van der Waals surface area contributed by atoms with E-state index < -0.39 is 31.2 Å². The molecule has 22 nitrogen and oxygen atoms in total. The summed E-state index contributed by atoms with van der Waals surface area (Å²) < 4.78 is 57.0. The highest BCUT2D eigenvalue weighted by atomic mass is 32.3. The SMILES string of the molecule is CC(C)[C@@H]1C(=O)NCCN1C[C@H]1CN(S(=O)(=O)c2ccc(N)s2)CCN1c1ncc(C(C)(C)O)cn1.CC(C)[C@H]1C(=O)NCCN1C[C@H]1CN(S(=O)(=O)c2ccc(N)s2)CCN1c1ncc(C(C)(C)O)cn1. The first kappa shape index (κ1) is 55.1. The molecule has 4 saturated heterocycles. The first-order valence-corrected chi connectivity index (χ1v) is 28.6.